The smallest absolute Gasteiger partial charge is 0.196 e. The molecule has 0 fully saturated rings. The Labute approximate surface area is 207 Å². The van der Waals surface area contributed by atoms with Gasteiger partial charge < -0.3 is 4.42 Å². The summed E-state index contributed by atoms with van der Waals surface area (Å²) in [5, 5.41) is 0. The molecule has 0 amide bonds. The van der Waals surface area contributed by atoms with Crippen molar-refractivity contribution in [2.24, 2.45) is 5.41 Å². The molecule has 5 rings (SSSR count). The number of oxazole rings is 1. The summed E-state index contributed by atoms with van der Waals surface area (Å²) in [6, 6.07) is 23.5. The molecule has 0 spiro atoms. The number of aryl methyl sites for hydroxylation is 3. The normalized spacial score (nSPS) is 11.8. The Morgan fingerprint density at radius 1 is 0.743 bits per heavy atom. The number of fused-ring (bicyclic) bond motifs is 1. The van der Waals surface area contributed by atoms with E-state index in [1.54, 1.807) is 0 Å². The van der Waals surface area contributed by atoms with Crippen molar-refractivity contribution in [2.75, 3.05) is 0 Å². The van der Waals surface area contributed by atoms with E-state index in [2.05, 4.69) is 96.1 Å². The van der Waals surface area contributed by atoms with E-state index in [1.165, 1.54) is 33.4 Å². The Morgan fingerprint density at radius 3 is 2.14 bits per heavy atom. The van der Waals surface area contributed by atoms with E-state index in [0.717, 1.165) is 40.2 Å². The Kier molecular flexibility index (Phi) is 5.80. The second-order valence-corrected chi connectivity index (χ2v) is 10.7. The van der Waals surface area contributed by atoms with Crippen molar-refractivity contribution in [3.05, 3.63) is 95.5 Å². The van der Waals surface area contributed by atoms with Crippen LogP contribution < -0.4 is 0 Å². The number of benzene rings is 3. The Morgan fingerprint density at radius 2 is 1.46 bits per heavy atom. The van der Waals surface area contributed by atoms with Crippen molar-refractivity contribution < 1.29 is 4.42 Å². The average Bonchev–Trinajstić information content (AvgIpc) is 3.21. The van der Waals surface area contributed by atoms with Gasteiger partial charge in [0.2, 0.25) is 0 Å². The van der Waals surface area contributed by atoms with Gasteiger partial charge in [-0.15, -0.1) is 0 Å². The molecule has 3 nitrogen and oxygen atoms in total. The maximum Gasteiger partial charge on any atom is 0.196 e. The highest BCUT2D eigenvalue weighted by Crippen LogP contribution is 2.37. The highest BCUT2D eigenvalue weighted by Gasteiger charge is 2.19. The molecule has 3 aromatic carbocycles. The first kappa shape index (κ1) is 23.0. The Bertz CT molecular complexity index is 1500. The van der Waals surface area contributed by atoms with Crippen LogP contribution in [-0.2, 0) is 6.42 Å². The predicted molar refractivity (Wildman–Crippen MR) is 145 cm³/mol. The molecular formula is C32H32N2O. The van der Waals surface area contributed by atoms with Gasteiger partial charge in [-0.3, -0.25) is 4.98 Å². The third kappa shape index (κ3) is 4.64. The molecule has 2 aromatic heterocycles. The fourth-order valence-electron chi connectivity index (χ4n) is 4.85. The number of aromatic nitrogens is 2. The lowest BCUT2D eigenvalue weighted by atomic mass is 9.89. The van der Waals surface area contributed by atoms with Crippen molar-refractivity contribution in [1.29, 1.82) is 0 Å². The van der Waals surface area contributed by atoms with Gasteiger partial charge in [-0.2, -0.15) is 0 Å². The first-order chi connectivity index (χ1) is 16.7. The van der Waals surface area contributed by atoms with E-state index in [1.807, 2.05) is 18.3 Å². The molecule has 0 bridgehead atoms. The first-order valence-electron chi connectivity index (χ1n) is 12.2. The fraction of sp³-hybridized carbons (Fsp3) is 0.250. The number of pyridine rings is 1. The monoisotopic (exact) mass is 460 g/mol. The lowest BCUT2D eigenvalue weighted by molar-refractivity contribution is 0.362. The molecule has 0 unspecified atom stereocenters. The van der Waals surface area contributed by atoms with E-state index in [9.17, 15) is 0 Å². The summed E-state index contributed by atoms with van der Waals surface area (Å²) in [5.41, 5.74) is 12.3. The third-order valence-corrected chi connectivity index (χ3v) is 6.43. The highest BCUT2D eigenvalue weighted by atomic mass is 16.3. The van der Waals surface area contributed by atoms with E-state index >= 15 is 0 Å². The first-order valence-corrected chi connectivity index (χ1v) is 12.2. The SMILES string of the molecule is Cc1cnc(-c2cccc3nc(CC(C)(C)C)oc23)cc1-c1c(C)cc(-c2ccccc2)cc1C. The van der Waals surface area contributed by atoms with Gasteiger partial charge in [-0.25, -0.2) is 4.98 Å². The van der Waals surface area contributed by atoms with Gasteiger partial charge in [0.25, 0.3) is 0 Å². The number of hydrogen-bond donors (Lipinski definition) is 0. The summed E-state index contributed by atoms with van der Waals surface area (Å²) >= 11 is 0. The van der Waals surface area contributed by atoms with Crippen molar-refractivity contribution in [1.82, 2.24) is 9.97 Å². The molecule has 0 aliphatic rings. The number of hydrogen-bond acceptors (Lipinski definition) is 3. The quantitative estimate of drug-likeness (QED) is 0.269. The molecule has 0 saturated carbocycles. The molecule has 35 heavy (non-hydrogen) atoms. The van der Waals surface area contributed by atoms with Gasteiger partial charge in [0, 0.05) is 18.2 Å². The molecule has 176 valence electrons. The van der Waals surface area contributed by atoms with Crippen LogP contribution in [-0.4, -0.2) is 9.97 Å². The zero-order chi connectivity index (χ0) is 24.7. The van der Waals surface area contributed by atoms with Gasteiger partial charge in [0.1, 0.15) is 5.52 Å². The lowest BCUT2D eigenvalue weighted by Crippen LogP contribution is -2.09. The molecule has 0 radical (unpaired) electrons. The van der Waals surface area contributed by atoms with E-state index in [4.69, 9.17) is 14.4 Å². The number of nitrogens with zero attached hydrogens (tertiary/aromatic N) is 2. The number of para-hydroxylation sites is 1. The summed E-state index contributed by atoms with van der Waals surface area (Å²) in [5.74, 6) is 0.774. The highest BCUT2D eigenvalue weighted by molar-refractivity contribution is 5.90. The van der Waals surface area contributed by atoms with Crippen LogP contribution in [0.1, 0.15) is 43.4 Å². The van der Waals surface area contributed by atoms with Crippen LogP contribution in [0.2, 0.25) is 0 Å². The standard InChI is InChI=1S/C32H32N2O/c1-20-15-24(23-11-8-7-9-12-23)16-21(2)30(20)26-17-28(33-19-22(26)3)25-13-10-14-27-31(25)35-29(34-27)18-32(4,5)6/h7-17,19H,18H2,1-6H3. The molecule has 5 aromatic rings. The maximum atomic E-state index is 6.27. The van der Waals surface area contributed by atoms with Gasteiger partial charge in [0.05, 0.1) is 5.69 Å². The molecule has 0 aliphatic heterocycles. The predicted octanol–water partition coefficient (Wildman–Crippen LogP) is 8.74. The van der Waals surface area contributed by atoms with Crippen molar-refractivity contribution in [3.8, 4) is 33.5 Å². The molecule has 0 saturated heterocycles. The fourth-order valence-corrected chi connectivity index (χ4v) is 4.85. The minimum Gasteiger partial charge on any atom is -0.440 e. The van der Waals surface area contributed by atoms with Crippen molar-refractivity contribution >= 4 is 11.1 Å². The van der Waals surface area contributed by atoms with Gasteiger partial charge >= 0.3 is 0 Å². The van der Waals surface area contributed by atoms with Crippen molar-refractivity contribution in [2.45, 2.75) is 48.0 Å². The molecule has 2 heterocycles. The van der Waals surface area contributed by atoms with E-state index < -0.39 is 0 Å². The largest absolute Gasteiger partial charge is 0.440 e. The van der Waals surface area contributed by atoms with Gasteiger partial charge in [-0.1, -0.05) is 69.3 Å². The van der Waals surface area contributed by atoms with Crippen LogP contribution in [0.5, 0.6) is 0 Å². The van der Waals surface area contributed by atoms with Crippen molar-refractivity contribution in [3.63, 3.8) is 0 Å². The lowest BCUT2D eigenvalue weighted by Gasteiger charge is -2.16. The van der Waals surface area contributed by atoms with Crippen LogP contribution in [0.25, 0.3) is 44.6 Å². The molecular weight excluding hydrogens is 428 g/mol. The molecule has 0 atom stereocenters. The third-order valence-electron chi connectivity index (χ3n) is 6.43. The average molecular weight is 461 g/mol. The van der Waals surface area contributed by atoms with E-state index in [0.29, 0.717) is 0 Å². The Balaban J connectivity index is 1.61. The van der Waals surface area contributed by atoms with Crippen LogP contribution in [0.4, 0.5) is 0 Å². The minimum absolute atomic E-state index is 0.108. The van der Waals surface area contributed by atoms with Crippen LogP contribution in [0.15, 0.2) is 77.3 Å². The maximum absolute atomic E-state index is 6.27. The number of rotatable bonds is 4. The molecule has 0 aliphatic carbocycles. The topological polar surface area (TPSA) is 38.9 Å². The second-order valence-electron chi connectivity index (χ2n) is 10.7. The zero-order valence-corrected chi connectivity index (χ0v) is 21.4. The summed E-state index contributed by atoms with van der Waals surface area (Å²) in [6.45, 7) is 13.1. The van der Waals surface area contributed by atoms with Crippen LogP contribution in [0.3, 0.4) is 0 Å². The van der Waals surface area contributed by atoms with Gasteiger partial charge in [0.15, 0.2) is 11.5 Å². The minimum atomic E-state index is 0.108. The van der Waals surface area contributed by atoms with Gasteiger partial charge in [-0.05, 0) is 83.3 Å². The van der Waals surface area contributed by atoms with Crippen LogP contribution in [0, 0.1) is 26.2 Å². The summed E-state index contributed by atoms with van der Waals surface area (Å²) in [6.07, 6.45) is 2.76. The summed E-state index contributed by atoms with van der Waals surface area (Å²) < 4.78 is 6.27. The summed E-state index contributed by atoms with van der Waals surface area (Å²) in [7, 11) is 0. The zero-order valence-electron chi connectivity index (χ0n) is 21.4. The second kappa shape index (κ2) is 8.81. The molecule has 3 heteroatoms. The molecule has 0 N–H and O–H groups in total. The van der Waals surface area contributed by atoms with Crippen LogP contribution >= 0.6 is 0 Å². The Hall–Kier alpha value is -3.72. The summed E-state index contributed by atoms with van der Waals surface area (Å²) in [4.78, 5) is 9.56. The van der Waals surface area contributed by atoms with E-state index in [-0.39, 0.29) is 5.41 Å².